The molecule has 1 aliphatic rings. The molecule has 1 fully saturated rings. The van der Waals surface area contributed by atoms with Crippen molar-refractivity contribution in [2.45, 2.75) is 12.5 Å². The molecule has 0 aliphatic carbocycles. The number of fused-ring (bicyclic) bond motifs is 1. The first-order valence-electron chi connectivity index (χ1n) is 8.13. The van der Waals surface area contributed by atoms with Crippen molar-refractivity contribution in [2.75, 3.05) is 13.4 Å². The fraction of sp³-hybridized carbons (Fsp3) is 0.238. The first-order valence-corrected chi connectivity index (χ1v) is 8.13. The SMILES string of the molecule is c1ccc([C@@H]2OCOC[C@H]2Cc2cccc3ccccc23)cc1. The summed E-state index contributed by atoms with van der Waals surface area (Å²) in [5.41, 5.74) is 2.60. The van der Waals surface area contributed by atoms with E-state index < -0.39 is 0 Å². The van der Waals surface area contributed by atoms with Crippen molar-refractivity contribution >= 4 is 10.8 Å². The van der Waals surface area contributed by atoms with Crippen LogP contribution in [0, 0.1) is 5.92 Å². The van der Waals surface area contributed by atoms with Gasteiger partial charge in [-0.05, 0) is 28.3 Å². The third kappa shape index (κ3) is 3.00. The van der Waals surface area contributed by atoms with E-state index >= 15 is 0 Å². The van der Waals surface area contributed by atoms with Crippen molar-refractivity contribution in [1.82, 2.24) is 0 Å². The highest BCUT2D eigenvalue weighted by atomic mass is 16.7. The molecule has 1 aliphatic heterocycles. The molecule has 23 heavy (non-hydrogen) atoms. The zero-order valence-corrected chi connectivity index (χ0v) is 13.0. The summed E-state index contributed by atoms with van der Waals surface area (Å²) in [7, 11) is 0. The van der Waals surface area contributed by atoms with Gasteiger partial charge in [0.05, 0.1) is 12.7 Å². The monoisotopic (exact) mass is 304 g/mol. The molecular weight excluding hydrogens is 284 g/mol. The van der Waals surface area contributed by atoms with Gasteiger partial charge in [-0.15, -0.1) is 0 Å². The van der Waals surface area contributed by atoms with E-state index in [1.807, 2.05) is 6.07 Å². The molecule has 0 saturated carbocycles. The van der Waals surface area contributed by atoms with Crippen molar-refractivity contribution < 1.29 is 9.47 Å². The normalized spacial score (nSPS) is 21.4. The molecule has 2 heteroatoms. The van der Waals surface area contributed by atoms with E-state index in [0.717, 1.165) is 13.0 Å². The van der Waals surface area contributed by atoms with Gasteiger partial charge >= 0.3 is 0 Å². The van der Waals surface area contributed by atoms with Gasteiger partial charge in [0.1, 0.15) is 6.79 Å². The average Bonchev–Trinajstić information content (AvgIpc) is 2.63. The van der Waals surface area contributed by atoms with Crippen LogP contribution in [0.15, 0.2) is 72.8 Å². The van der Waals surface area contributed by atoms with E-state index in [1.165, 1.54) is 21.9 Å². The topological polar surface area (TPSA) is 18.5 Å². The van der Waals surface area contributed by atoms with E-state index in [-0.39, 0.29) is 6.10 Å². The van der Waals surface area contributed by atoms with Crippen molar-refractivity contribution in [3.8, 4) is 0 Å². The molecule has 0 aromatic heterocycles. The third-order valence-electron chi connectivity index (χ3n) is 4.58. The van der Waals surface area contributed by atoms with E-state index in [0.29, 0.717) is 12.7 Å². The predicted molar refractivity (Wildman–Crippen MR) is 92.2 cm³/mol. The molecule has 1 saturated heterocycles. The van der Waals surface area contributed by atoms with E-state index in [4.69, 9.17) is 9.47 Å². The molecule has 0 radical (unpaired) electrons. The van der Waals surface area contributed by atoms with Gasteiger partial charge in [0, 0.05) is 5.92 Å². The van der Waals surface area contributed by atoms with Crippen LogP contribution in [0.5, 0.6) is 0 Å². The van der Waals surface area contributed by atoms with Crippen LogP contribution in [0.25, 0.3) is 10.8 Å². The second-order valence-electron chi connectivity index (χ2n) is 6.09. The van der Waals surface area contributed by atoms with Crippen LogP contribution >= 0.6 is 0 Å². The van der Waals surface area contributed by atoms with Crippen molar-refractivity contribution in [1.29, 1.82) is 0 Å². The largest absolute Gasteiger partial charge is 0.355 e. The van der Waals surface area contributed by atoms with Crippen LogP contribution in [0.1, 0.15) is 17.2 Å². The third-order valence-corrected chi connectivity index (χ3v) is 4.58. The Labute approximate surface area is 136 Å². The fourth-order valence-electron chi connectivity index (χ4n) is 3.47. The maximum Gasteiger partial charge on any atom is 0.147 e. The summed E-state index contributed by atoms with van der Waals surface area (Å²) in [6, 6.07) is 25.6. The van der Waals surface area contributed by atoms with Crippen LogP contribution in [0.3, 0.4) is 0 Å². The molecule has 116 valence electrons. The Bertz CT molecular complexity index is 777. The van der Waals surface area contributed by atoms with Gasteiger partial charge in [-0.1, -0.05) is 72.8 Å². The summed E-state index contributed by atoms with van der Waals surface area (Å²) in [6.07, 6.45) is 1.06. The van der Waals surface area contributed by atoms with Crippen LogP contribution in [-0.2, 0) is 15.9 Å². The Balaban J connectivity index is 1.65. The lowest BCUT2D eigenvalue weighted by Crippen LogP contribution is -2.29. The van der Waals surface area contributed by atoms with E-state index in [2.05, 4.69) is 66.7 Å². The Morgan fingerprint density at radius 2 is 1.61 bits per heavy atom. The highest BCUT2D eigenvalue weighted by molar-refractivity contribution is 5.85. The van der Waals surface area contributed by atoms with Gasteiger partial charge in [-0.3, -0.25) is 0 Å². The number of benzene rings is 3. The molecule has 1 heterocycles. The Morgan fingerprint density at radius 1 is 0.826 bits per heavy atom. The molecule has 0 unspecified atom stereocenters. The summed E-state index contributed by atoms with van der Waals surface area (Å²) in [6.45, 7) is 1.12. The second kappa shape index (κ2) is 6.53. The van der Waals surface area contributed by atoms with Gasteiger partial charge in [0.2, 0.25) is 0 Å². The van der Waals surface area contributed by atoms with Crippen LogP contribution < -0.4 is 0 Å². The van der Waals surface area contributed by atoms with Crippen molar-refractivity contribution in [3.63, 3.8) is 0 Å². The molecule has 0 bridgehead atoms. The number of hydrogen-bond donors (Lipinski definition) is 0. The highest BCUT2D eigenvalue weighted by Gasteiger charge is 2.28. The lowest BCUT2D eigenvalue weighted by Gasteiger charge is -2.32. The highest BCUT2D eigenvalue weighted by Crippen LogP contribution is 2.33. The molecule has 4 rings (SSSR count). The van der Waals surface area contributed by atoms with Crippen LogP contribution in [-0.4, -0.2) is 13.4 Å². The molecule has 3 aromatic carbocycles. The number of hydrogen-bond acceptors (Lipinski definition) is 2. The Kier molecular flexibility index (Phi) is 4.10. The summed E-state index contributed by atoms with van der Waals surface area (Å²) in [5, 5.41) is 2.62. The minimum atomic E-state index is 0.101. The predicted octanol–water partition coefficient (Wildman–Crippen LogP) is 4.74. The minimum absolute atomic E-state index is 0.101. The summed E-state index contributed by atoms with van der Waals surface area (Å²) in [5.74, 6) is 0.331. The molecule has 2 nitrogen and oxygen atoms in total. The van der Waals surface area contributed by atoms with Gasteiger partial charge in [0.25, 0.3) is 0 Å². The maximum atomic E-state index is 5.94. The lowest BCUT2D eigenvalue weighted by molar-refractivity contribution is -0.172. The fourth-order valence-corrected chi connectivity index (χ4v) is 3.47. The zero-order chi connectivity index (χ0) is 15.5. The molecular formula is C21H20O2. The quantitative estimate of drug-likeness (QED) is 0.695. The molecule has 0 amide bonds. The zero-order valence-electron chi connectivity index (χ0n) is 13.0. The molecule has 3 aromatic rings. The van der Waals surface area contributed by atoms with Gasteiger partial charge in [-0.25, -0.2) is 0 Å². The van der Waals surface area contributed by atoms with Crippen molar-refractivity contribution in [3.05, 3.63) is 83.9 Å². The Morgan fingerprint density at radius 3 is 2.52 bits per heavy atom. The Hall–Kier alpha value is -2.16. The van der Waals surface area contributed by atoms with Crippen molar-refractivity contribution in [2.24, 2.45) is 5.92 Å². The van der Waals surface area contributed by atoms with Gasteiger partial charge in [0.15, 0.2) is 0 Å². The second-order valence-corrected chi connectivity index (χ2v) is 6.09. The van der Waals surface area contributed by atoms with Crippen LogP contribution in [0.2, 0.25) is 0 Å². The lowest BCUT2D eigenvalue weighted by atomic mass is 9.88. The molecule has 0 N–H and O–H groups in total. The number of ether oxygens (including phenoxy) is 2. The summed E-state index contributed by atoms with van der Waals surface area (Å²) < 4.78 is 11.5. The first-order chi connectivity index (χ1) is 11.4. The van der Waals surface area contributed by atoms with Gasteiger partial charge in [-0.2, -0.15) is 0 Å². The number of rotatable bonds is 3. The van der Waals surface area contributed by atoms with Crippen LogP contribution in [0.4, 0.5) is 0 Å². The standard InChI is InChI=1S/C21H20O2/c1-2-8-17(9-3-1)21-19(14-22-15-23-21)13-18-11-6-10-16-7-4-5-12-20(16)18/h1-12,19,21H,13-15H2/t19-,21+/m1/s1. The van der Waals surface area contributed by atoms with Gasteiger partial charge < -0.3 is 9.47 Å². The summed E-state index contributed by atoms with van der Waals surface area (Å²) in [4.78, 5) is 0. The smallest absolute Gasteiger partial charge is 0.147 e. The molecule has 2 atom stereocenters. The van der Waals surface area contributed by atoms with E-state index in [1.54, 1.807) is 0 Å². The molecule has 0 spiro atoms. The average molecular weight is 304 g/mol. The first kappa shape index (κ1) is 14.4. The summed E-state index contributed by atoms with van der Waals surface area (Å²) >= 11 is 0. The van der Waals surface area contributed by atoms with E-state index in [9.17, 15) is 0 Å². The minimum Gasteiger partial charge on any atom is -0.355 e. The maximum absolute atomic E-state index is 5.94.